The van der Waals surface area contributed by atoms with Crippen LogP contribution in [-0.4, -0.2) is 59.4 Å². The molecule has 5 nitrogen and oxygen atoms in total. The lowest BCUT2D eigenvalue weighted by molar-refractivity contribution is -0.133. The number of rotatable bonds is 4. The number of nitrogens with zero attached hydrogens (tertiary/aromatic N) is 4. The molecule has 1 aromatic heterocycles. The van der Waals surface area contributed by atoms with Gasteiger partial charge in [0.15, 0.2) is 0 Å². The Bertz CT molecular complexity index is 750. The van der Waals surface area contributed by atoms with Gasteiger partial charge in [-0.25, -0.2) is 0 Å². The van der Waals surface area contributed by atoms with Gasteiger partial charge in [-0.15, -0.1) is 0 Å². The smallest absolute Gasteiger partial charge is 0.236 e. The van der Waals surface area contributed by atoms with Crippen molar-refractivity contribution in [3.05, 3.63) is 47.4 Å². The Balaban J connectivity index is 1.85. The summed E-state index contributed by atoms with van der Waals surface area (Å²) in [5.74, 6) is 0.366. The second-order valence-electron chi connectivity index (χ2n) is 6.72. The summed E-state index contributed by atoms with van der Waals surface area (Å²) < 4.78 is 0. The summed E-state index contributed by atoms with van der Waals surface area (Å²) in [6, 6.07) is 7.68. The van der Waals surface area contributed by atoms with Gasteiger partial charge in [-0.3, -0.25) is 14.8 Å². The van der Waals surface area contributed by atoms with E-state index in [0.717, 1.165) is 36.3 Å². The van der Waals surface area contributed by atoms with Gasteiger partial charge >= 0.3 is 0 Å². The van der Waals surface area contributed by atoms with Crippen molar-refractivity contribution >= 4 is 17.5 Å². The number of aromatic nitrogens is 2. The molecule has 0 spiro atoms. The Morgan fingerprint density at radius 1 is 1.32 bits per heavy atom. The van der Waals surface area contributed by atoms with Crippen molar-refractivity contribution in [1.29, 1.82) is 0 Å². The highest BCUT2D eigenvalue weighted by Crippen LogP contribution is 2.32. The molecule has 0 aliphatic carbocycles. The molecule has 1 fully saturated rings. The first-order valence-corrected chi connectivity index (χ1v) is 8.91. The minimum absolute atomic E-state index is 0.169. The van der Waals surface area contributed by atoms with E-state index in [1.807, 2.05) is 48.2 Å². The molecule has 1 saturated heterocycles. The molecule has 2 aromatic rings. The molecule has 3 rings (SSSR count). The zero-order valence-electron chi connectivity index (χ0n) is 14.7. The van der Waals surface area contributed by atoms with Crippen molar-refractivity contribution in [2.75, 3.05) is 33.7 Å². The van der Waals surface area contributed by atoms with Gasteiger partial charge in [0, 0.05) is 42.0 Å². The lowest BCUT2D eigenvalue weighted by Crippen LogP contribution is -2.43. The first kappa shape index (κ1) is 17.8. The standard InChI is InChI=1S/C19H23ClN4O/c1-23(2)13-17(25)24-10-4-6-15(12-24)19-18(21-8-9-22-19)14-5-3-7-16(20)11-14/h3,5,7-9,11,15H,4,6,10,12-13H2,1-2H3/t15-/m1/s1. The number of carbonyl (C=O) groups is 1. The molecule has 0 unspecified atom stereocenters. The highest BCUT2D eigenvalue weighted by atomic mass is 35.5. The molecule has 0 saturated carbocycles. The van der Waals surface area contributed by atoms with E-state index in [2.05, 4.69) is 9.97 Å². The third kappa shape index (κ3) is 4.35. The van der Waals surface area contributed by atoms with E-state index in [1.54, 1.807) is 12.4 Å². The first-order valence-electron chi connectivity index (χ1n) is 8.54. The Labute approximate surface area is 153 Å². The first-order chi connectivity index (χ1) is 12.0. The highest BCUT2D eigenvalue weighted by molar-refractivity contribution is 6.30. The fraction of sp³-hybridized carbons (Fsp3) is 0.421. The van der Waals surface area contributed by atoms with Gasteiger partial charge in [-0.05, 0) is 39.1 Å². The van der Waals surface area contributed by atoms with Gasteiger partial charge in [-0.1, -0.05) is 23.7 Å². The molecule has 1 amide bonds. The molecule has 25 heavy (non-hydrogen) atoms. The van der Waals surface area contributed by atoms with Crippen molar-refractivity contribution in [1.82, 2.24) is 19.8 Å². The number of amides is 1. The molecule has 132 valence electrons. The predicted molar refractivity (Wildman–Crippen MR) is 99.6 cm³/mol. The molecule has 0 radical (unpaired) electrons. The number of benzene rings is 1. The van der Waals surface area contributed by atoms with E-state index in [0.29, 0.717) is 18.1 Å². The van der Waals surface area contributed by atoms with Crippen LogP contribution in [0.15, 0.2) is 36.7 Å². The van der Waals surface area contributed by atoms with Gasteiger partial charge in [0.2, 0.25) is 5.91 Å². The monoisotopic (exact) mass is 358 g/mol. The molecule has 0 bridgehead atoms. The van der Waals surface area contributed by atoms with E-state index in [9.17, 15) is 4.79 Å². The fourth-order valence-corrected chi connectivity index (χ4v) is 3.49. The summed E-state index contributed by atoms with van der Waals surface area (Å²) in [5.41, 5.74) is 2.77. The van der Waals surface area contributed by atoms with E-state index in [4.69, 9.17) is 11.6 Å². The zero-order valence-corrected chi connectivity index (χ0v) is 15.4. The van der Waals surface area contributed by atoms with Crippen LogP contribution in [0, 0.1) is 0 Å². The van der Waals surface area contributed by atoms with Gasteiger partial charge in [0.05, 0.1) is 17.9 Å². The molecule has 6 heteroatoms. The van der Waals surface area contributed by atoms with E-state index >= 15 is 0 Å². The fourth-order valence-electron chi connectivity index (χ4n) is 3.30. The highest BCUT2D eigenvalue weighted by Gasteiger charge is 2.28. The van der Waals surface area contributed by atoms with Crippen molar-refractivity contribution in [3.8, 4) is 11.3 Å². The molecular formula is C19H23ClN4O. The largest absolute Gasteiger partial charge is 0.341 e. The van der Waals surface area contributed by atoms with Crippen LogP contribution in [0.3, 0.4) is 0 Å². The third-order valence-electron chi connectivity index (χ3n) is 4.44. The quantitative estimate of drug-likeness (QED) is 0.842. The Morgan fingerprint density at radius 3 is 2.88 bits per heavy atom. The molecule has 1 aliphatic rings. The van der Waals surface area contributed by atoms with Crippen LogP contribution in [0.1, 0.15) is 24.5 Å². The van der Waals surface area contributed by atoms with Crippen LogP contribution in [0.4, 0.5) is 0 Å². The molecule has 1 aromatic carbocycles. The maximum atomic E-state index is 12.4. The number of piperidine rings is 1. The van der Waals surface area contributed by atoms with E-state index < -0.39 is 0 Å². The van der Waals surface area contributed by atoms with Crippen molar-refractivity contribution in [2.45, 2.75) is 18.8 Å². The van der Waals surface area contributed by atoms with E-state index in [1.165, 1.54) is 0 Å². The SMILES string of the molecule is CN(C)CC(=O)N1CCC[C@@H](c2nccnc2-c2cccc(Cl)c2)C1. The average Bonchev–Trinajstić information content (AvgIpc) is 2.61. The van der Waals surface area contributed by atoms with Crippen molar-refractivity contribution < 1.29 is 4.79 Å². The van der Waals surface area contributed by atoms with Crippen LogP contribution < -0.4 is 0 Å². The molecule has 1 atom stereocenters. The van der Waals surface area contributed by atoms with Crippen molar-refractivity contribution in [2.24, 2.45) is 0 Å². The van der Waals surface area contributed by atoms with Crippen LogP contribution in [0.2, 0.25) is 5.02 Å². The number of hydrogen-bond donors (Lipinski definition) is 0. The lowest BCUT2D eigenvalue weighted by Gasteiger charge is -2.33. The summed E-state index contributed by atoms with van der Waals surface area (Å²) in [5, 5.41) is 0.681. The number of likely N-dealkylation sites (tertiary alicyclic amines) is 1. The average molecular weight is 359 g/mol. The van der Waals surface area contributed by atoms with Gasteiger partial charge in [0.25, 0.3) is 0 Å². The van der Waals surface area contributed by atoms with E-state index in [-0.39, 0.29) is 11.8 Å². The molecule has 0 N–H and O–H groups in total. The zero-order chi connectivity index (χ0) is 17.8. The van der Waals surface area contributed by atoms with Crippen molar-refractivity contribution in [3.63, 3.8) is 0 Å². The number of halogens is 1. The maximum Gasteiger partial charge on any atom is 0.236 e. The second-order valence-corrected chi connectivity index (χ2v) is 7.15. The Morgan fingerprint density at radius 2 is 2.12 bits per heavy atom. The minimum Gasteiger partial charge on any atom is -0.341 e. The predicted octanol–water partition coefficient (Wildman–Crippen LogP) is 3.06. The topological polar surface area (TPSA) is 49.3 Å². The number of hydrogen-bond acceptors (Lipinski definition) is 4. The summed E-state index contributed by atoms with van der Waals surface area (Å²) in [6.45, 7) is 1.95. The van der Waals surface area contributed by atoms with Gasteiger partial charge in [-0.2, -0.15) is 0 Å². The molecular weight excluding hydrogens is 336 g/mol. The lowest BCUT2D eigenvalue weighted by atomic mass is 9.91. The second kappa shape index (κ2) is 7.93. The molecule has 2 heterocycles. The van der Waals surface area contributed by atoms with Crippen LogP contribution in [-0.2, 0) is 4.79 Å². The van der Waals surface area contributed by atoms with Crippen LogP contribution in [0.5, 0.6) is 0 Å². The third-order valence-corrected chi connectivity index (χ3v) is 4.67. The number of likely N-dealkylation sites (N-methyl/N-ethyl adjacent to an activating group) is 1. The Hall–Kier alpha value is -1.98. The summed E-state index contributed by atoms with van der Waals surface area (Å²) in [6.07, 6.45) is 5.43. The minimum atomic E-state index is 0.169. The Kier molecular flexibility index (Phi) is 5.66. The summed E-state index contributed by atoms with van der Waals surface area (Å²) in [4.78, 5) is 25.4. The normalized spacial score (nSPS) is 17.8. The number of carbonyl (C=O) groups excluding carboxylic acids is 1. The summed E-state index contributed by atoms with van der Waals surface area (Å²) in [7, 11) is 3.83. The van der Waals surface area contributed by atoms with Crippen LogP contribution in [0.25, 0.3) is 11.3 Å². The molecule has 1 aliphatic heterocycles. The summed E-state index contributed by atoms with van der Waals surface area (Å²) >= 11 is 6.14. The van der Waals surface area contributed by atoms with Gasteiger partial charge in [0.1, 0.15) is 0 Å². The van der Waals surface area contributed by atoms with Gasteiger partial charge < -0.3 is 9.80 Å². The maximum absolute atomic E-state index is 12.4. The van der Waals surface area contributed by atoms with Crippen LogP contribution >= 0.6 is 11.6 Å².